The Balaban J connectivity index is 1.29. The van der Waals surface area contributed by atoms with Crippen molar-refractivity contribution in [3.8, 4) is 34.5 Å². The summed E-state index contributed by atoms with van der Waals surface area (Å²) in [6.07, 6.45) is 10.4. The van der Waals surface area contributed by atoms with Crippen LogP contribution in [-0.4, -0.2) is 55.3 Å². The highest BCUT2D eigenvalue weighted by atomic mass is 35.5. The standard InChI is InChI=1S/C43H45Cl2NO11/c1-52-31-20-29-35(33(44)37(31)55-40(49)22-9-5-3-6-10-22)54-36-30(21-32(53-2)38(34(36)45)56-41(50)23-11-7-4-8-12-23)43(29)28-19-24(13-18-27(28)42(51)57-43)39(48)46-25-14-16-26(47)17-15-25/h13,18-23,25-26,47H,3-12,14-17H2,1-2H3,(H,46,48). The third-order valence-electron chi connectivity index (χ3n) is 12.1. The lowest BCUT2D eigenvalue weighted by molar-refractivity contribution is -0.140. The predicted molar refractivity (Wildman–Crippen MR) is 208 cm³/mol. The number of fused-ring (bicyclic) bond motifs is 6. The minimum atomic E-state index is -1.87. The number of rotatable bonds is 8. The van der Waals surface area contributed by atoms with Gasteiger partial charge in [0.15, 0.2) is 40.1 Å². The van der Waals surface area contributed by atoms with Crippen molar-refractivity contribution in [2.24, 2.45) is 11.8 Å². The van der Waals surface area contributed by atoms with Crippen LogP contribution in [0.4, 0.5) is 0 Å². The summed E-state index contributed by atoms with van der Waals surface area (Å²) >= 11 is 14.3. The predicted octanol–water partition coefficient (Wildman–Crippen LogP) is 8.58. The normalized spacial score (nSPS) is 21.3. The van der Waals surface area contributed by atoms with Crippen molar-refractivity contribution in [2.45, 2.75) is 108 Å². The van der Waals surface area contributed by atoms with Gasteiger partial charge in [0, 0.05) is 17.2 Å². The Labute approximate surface area is 340 Å². The molecule has 0 unspecified atom stereocenters. The second kappa shape index (κ2) is 16.0. The lowest BCUT2D eigenvalue weighted by Gasteiger charge is -2.38. The molecule has 2 heterocycles. The van der Waals surface area contributed by atoms with E-state index in [1.807, 2.05) is 0 Å². The van der Waals surface area contributed by atoms with E-state index in [2.05, 4.69) is 5.32 Å². The lowest BCUT2D eigenvalue weighted by atomic mass is 9.76. The van der Waals surface area contributed by atoms with E-state index in [1.165, 1.54) is 32.4 Å². The van der Waals surface area contributed by atoms with Gasteiger partial charge in [-0.3, -0.25) is 14.4 Å². The van der Waals surface area contributed by atoms with Gasteiger partial charge in [-0.25, -0.2) is 4.79 Å². The molecule has 1 spiro atoms. The third-order valence-corrected chi connectivity index (χ3v) is 12.8. The molecule has 0 bridgehead atoms. The Morgan fingerprint density at radius 2 is 1.23 bits per heavy atom. The molecular weight excluding hydrogens is 777 g/mol. The van der Waals surface area contributed by atoms with Gasteiger partial charge < -0.3 is 38.8 Å². The fraction of sp³-hybridized carbons (Fsp3) is 0.488. The van der Waals surface area contributed by atoms with Crippen LogP contribution >= 0.6 is 23.2 Å². The first kappa shape index (κ1) is 39.3. The summed E-state index contributed by atoms with van der Waals surface area (Å²) in [6, 6.07) is 7.60. The van der Waals surface area contributed by atoms with E-state index in [4.69, 9.17) is 51.6 Å². The van der Waals surface area contributed by atoms with Crippen LogP contribution in [0.1, 0.15) is 127 Å². The van der Waals surface area contributed by atoms with Crippen LogP contribution in [0.2, 0.25) is 10.0 Å². The van der Waals surface area contributed by atoms with Crippen molar-refractivity contribution in [2.75, 3.05) is 14.2 Å². The van der Waals surface area contributed by atoms with E-state index < -0.39 is 29.6 Å². The highest BCUT2D eigenvalue weighted by Gasteiger charge is 2.56. The maximum atomic E-state index is 14.0. The average molecular weight is 823 g/mol. The maximum absolute atomic E-state index is 14.0. The fourth-order valence-corrected chi connectivity index (χ4v) is 9.53. The number of aliphatic hydroxyl groups is 1. The quantitative estimate of drug-likeness (QED) is 0.166. The zero-order valence-electron chi connectivity index (χ0n) is 31.9. The first-order valence-corrected chi connectivity index (χ1v) is 20.6. The van der Waals surface area contributed by atoms with Gasteiger partial charge in [0.2, 0.25) is 0 Å². The monoisotopic (exact) mass is 821 g/mol. The average Bonchev–Trinajstić information content (AvgIpc) is 3.52. The van der Waals surface area contributed by atoms with Crippen LogP contribution in [0.5, 0.6) is 34.5 Å². The van der Waals surface area contributed by atoms with Crippen molar-refractivity contribution < 1.29 is 52.7 Å². The van der Waals surface area contributed by atoms with Gasteiger partial charge >= 0.3 is 17.9 Å². The SMILES string of the molecule is COc1cc2c(c(Cl)c1OC(=O)C1CCCCC1)Oc1c(cc(OC)c(OC(=O)C3CCCCC3)c1Cl)C21OC(=O)c2ccc(C(=O)NC3CCC(O)CC3)cc21. The van der Waals surface area contributed by atoms with E-state index in [1.54, 1.807) is 12.1 Å². The van der Waals surface area contributed by atoms with Crippen LogP contribution in [0.3, 0.4) is 0 Å². The molecule has 8 rings (SSSR count). The molecule has 0 aromatic heterocycles. The number of aliphatic hydroxyl groups excluding tert-OH is 1. The van der Waals surface area contributed by atoms with Gasteiger partial charge in [0.05, 0.1) is 48.8 Å². The highest BCUT2D eigenvalue weighted by molar-refractivity contribution is 6.35. The first-order chi connectivity index (χ1) is 27.5. The highest BCUT2D eigenvalue weighted by Crippen LogP contribution is 2.64. The number of ether oxygens (including phenoxy) is 6. The molecule has 2 aliphatic heterocycles. The van der Waals surface area contributed by atoms with E-state index >= 15 is 0 Å². The minimum absolute atomic E-state index is 0.0516. The van der Waals surface area contributed by atoms with E-state index in [0.29, 0.717) is 51.4 Å². The molecule has 3 aromatic carbocycles. The molecule has 3 aliphatic carbocycles. The molecule has 302 valence electrons. The maximum Gasteiger partial charge on any atom is 0.340 e. The van der Waals surface area contributed by atoms with Crippen molar-refractivity contribution in [1.82, 2.24) is 5.32 Å². The number of amides is 1. The second-order valence-electron chi connectivity index (χ2n) is 15.6. The van der Waals surface area contributed by atoms with Crippen molar-refractivity contribution >= 4 is 47.0 Å². The van der Waals surface area contributed by atoms with E-state index in [9.17, 15) is 24.3 Å². The van der Waals surface area contributed by atoms with Crippen LogP contribution in [-0.2, 0) is 19.9 Å². The molecule has 1 amide bonds. The summed E-state index contributed by atoms with van der Waals surface area (Å²) in [5.41, 5.74) is -0.779. The Morgan fingerprint density at radius 1 is 0.719 bits per heavy atom. The molecule has 5 aliphatic rings. The van der Waals surface area contributed by atoms with Crippen molar-refractivity contribution in [1.29, 1.82) is 0 Å². The van der Waals surface area contributed by atoms with Crippen LogP contribution in [0, 0.1) is 11.8 Å². The molecule has 0 saturated heterocycles. The van der Waals surface area contributed by atoms with Crippen LogP contribution in [0.25, 0.3) is 0 Å². The molecule has 0 atom stereocenters. The summed E-state index contributed by atoms with van der Waals surface area (Å²) in [7, 11) is 2.79. The van der Waals surface area contributed by atoms with Gasteiger partial charge in [-0.1, -0.05) is 61.7 Å². The van der Waals surface area contributed by atoms with Crippen molar-refractivity contribution in [3.63, 3.8) is 0 Å². The number of carbonyl (C=O) groups is 4. The van der Waals surface area contributed by atoms with Crippen molar-refractivity contribution in [3.05, 3.63) is 68.2 Å². The summed E-state index contributed by atoms with van der Waals surface area (Å²) in [5.74, 6) is -2.77. The molecule has 3 saturated carbocycles. The Kier molecular flexibility index (Phi) is 11.1. The first-order valence-electron chi connectivity index (χ1n) is 19.8. The van der Waals surface area contributed by atoms with E-state index in [0.717, 1.165) is 38.5 Å². The Hall–Kier alpha value is -4.52. The van der Waals surface area contributed by atoms with Gasteiger partial charge in [-0.15, -0.1) is 0 Å². The molecule has 0 radical (unpaired) electrons. The minimum Gasteiger partial charge on any atom is -0.493 e. The summed E-state index contributed by atoms with van der Waals surface area (Å²) in [4.78, 5) is 54.8. The van der Waals surface area contributed by atoms with Crippen LogP contribution in [0.15, 0.2) is 30.3 Å². The lowest BCUT2D eigenvalue weighted by Crippen LogP contribution is -2.38. The molecule has 12 nitrogen and oxygen atoms in total. The number of esters is 3. The molecule has 3 fully saturated rings. The summed E-state index contributed by atoms with van der Waals surface area (Å²) < 4.78 is 36.5. The number of benzene rings is 3. The van der Waals surface area contributed by atoms with Gasteiger partial charge in [0.1, 0.15) is 10.0 Å². The molecule has 57 heavy (non-hydrogen) atoms. The topological polar surface area (TPSA) is 156 Å². The second-order valence-corrected chi connectivity index (χ2v) is 16.4. The van der Waals surface area contributed by atoms with E-state index in [-0.39, 0.29) is 96.1 Å². The zero-order chi connectivity index (χ0) is 40.0. The summed E-state index contributed by atoms with van der Waals surface area (Å²) in [5, 5.41) is 12.8. The van der Waals surface area contributed by atoms with Gasteiger partial charge in [-0.2, -0.15) is 0 Å². The third kappa shape index (κ3) is 7.07. The number of halogens is 2. The fourth-order valence-electron chi connectivity index (χ4n) is 8.98. The Morgan fingerprint density at radius 3 is 1.72 bits per heavy atom. The molecule has 3 aromatic rings. The number of carbonyl (C=O) groups excluding carboxylic acids is 4. The smallest absolute Gasteiger partial charge is 0.340 e. The number of hydrogen-bond donors (Lipinski definition) is 2. The number of hydrogen-bond acceptors (Lipinski definition) is 11. The number of nitrogens with one attached hydrogen (secondary N) is 1. The summed E-state index contributed by atoms with van der Waals surface area (Å²) in [6.45, 7) is 0. The number of methoxy groups -OCH3 is 2. The molecule has 2 N–H and O–H groups in total. The van der Waals surface area contributed by atoms with Crippen LogP contribution < -0.4 is 29.0 Å². The molecular formula is C43H45Cl2NO11. The zero-order valence-corrected chi connectivity index (χ0v) is 33.4. The van der Waals surface area contributed by atoms with Gasteiger partial charge in [-0.05, 0) is 81.7 Å². The molecule has 14 heteroatoms. The largest absolute Gasteiger partial charge is 0.493 e. The Bertz CT molecular complexity index is 2020. The van der Waals surface area contributed by atoms with Gasteiger partial charge in [0.25, 0.3) is 5.91 Å².